The van der Waals surface area contributed by atoms with Crippen LogP contribution in [0.25, 0.3) is 0 Å². The van der Waals surface area contributed by atoms with E-state index in [2.05, 4.69) is 6.92 Å². The number of carbonyl (C=O) groups is 1. The fraction of sp³-hybridized carbons (Fsp3) is 0.917. The van der Waals surface area contributed by atoms with Crippen LogP contribution < -0.4 is 0 Å². The second-order valence-corrected chi connectivity index (χ2v) is 5.05. The van der Waals surface area contributed by atoms with Gasteiger partial charge in [0.25, 0.3) is 0 Å². The van der Waals surface area contributed by atoms with Crippen molar-refractivity contribution >= 4 is 5.78 Å². The van der Waals surface area contributed by atoms with Gasteiger partial charge in [0.15, 0.2) is 5.78 Å². The molecule has 0 heterocycles. The maximum Gasteiger partial charge on any atom is 0.166 e. The number of rotatable bonds is 3. The predicted molar refractivity (Wildman–Crippen MR) is 57.0 cm³/mol. The van der Waals surface area contributed by atoms with E-state index in [4.69, 9.17) is 0 Å². The predicted octanol–water partition coefficient (Wildman–Crippen LogP) is 2.54. The minimum Gasteiger partial charge on any atom is -0.383 e. The number of carbonyl (C=O) groups excluding carboxylic acids is 1. The summed E-state index contributed by atoms with van der Waals surface area (Å²) in [6, 6.07) is 0. The van der Waals surface area contributed by atoms with E-state index in [1.54, 1.807) is 13.8 Å². The molecular weight excluding hydrogens is 176 g/mol. The molecule has 0 bridgehead atoms. The Morgan fingerprint density at radius 2 is 1.79 bits per heavy atom. The van der Waals surface area contributed by atoms with E-state index < -0.39 is 5.60 Å². The molecule has 14 heavy (non-hydrogen) atoms. The molecule has 2 heteroatoms. The third-order valence-electron chi connectivity index (χ3n) is 3.40. The van der Waals surface area contributed by atoms with Crippen molar-refractivity contribution < 1.29 is 9.90 Å². The van der Waals surface area contributed by atoms with E-state index in [9.17, 15) is 9.90 Å². The minimum absolute atomic E-state index is 0.0343. The van der Waals surface area contributed by atoms with Crippen molar-refractivity contribution in [3.05, 3.63) is 0 Å². The van der Waals surface area contributed by atoms with Crippen molar-refractivity contribution in [2.24, 2.45) is 11.8 Å². The van der Waals surface area contributed by atoms with Crippen LogP contribution in [0.2, 0.25) is 0 Å². The molecule has 0 amide bonds. The molecule has 0 aromatic heterocycles. The topological polar surface area (TPSA) is 37.3 Å². The van der Waals surface area contributed by atoms with Crippen LogP contribution >= 0.6 is 0 Å². The number of hydrogen-bond donors (Lipinski definition) is 1. The summed E-state index contributed by atoms with van der Waals surface area (Å²) in [6.07, 6.45) is 5.48. The van der Waals surface area contributed by atoms with Crippen molar-refractivity contribution in [2.45, 2.75) is 58.5 Å². The van der Waals surface area contributed by atoms with Crippen LogP contribution in [-0.4, -0.2) is 16.5 Å². The summed E-state index contributed by atoms with van der Waals surface area (Å²) in [5.74, 6) is 0.950. The second kappa shape index (κ2) is 4.43. The Hall–Kier alpha value is -0.370. The van der Waals surface area contributed by atoms with Gasteiger partial charge in [0.1, 0.15) is 5.60 Å². The fourth-order valence-electron chi connectivity index (χ4n) is 2.33. The highest BCUT2D eigenvalue weighted by molar-refractivity contribution is 5.88. The normalized spacial score (nSPS) is 28.9. The fourth-order valence-corrected chi connectivity index (χ4v) is 2.33. The number of Topliss-reactive ketones (excluding diaryl/α,β-unsaturated/α-hetero) is 1. The molecule has 0 aromatic rings. The Labute approximate surface area is 86.7 Å². The molecule has 2 nitrogen and oxygen atoms in total. The summed E-state index contributed by atoms with van der Waals surface area (Å²) in [4.78, 5) is 11.8. The first-order valence-electron chi connectivity index (χ1n) is 5.71. The van der Waals surface area contributed by atoms with Crippen molar-refractivity contribution in [3.63, 3.8) is 0 Å². The molecule has 0 aliphatic heterocycles. The molecule has 0 atom stereocenters. The third-order valence-corrected chi connectivity index (χ3v) is 3.40. The Bertz CT molecular complexity index is 195. The van der Waals surface area contributed by atoms with Crippen molar-refractivity contribution in [3.8, 4) is 0 Å². The van der Waals surface area contributed by atoms with E-state index in [0.29, 0.717) is 0 Å². The van der Waals surface area contributed by atoms with Crippen LogP contribution in [0.3, 0.4) is 0 Å². The van der Waals surface area contributed by atoms with Gasteiger partial charge in [-0.25, -0.2) is 0 Å². The minimum atomic E-state index is -1.14. The Morgan fingerprint density at radius 3 is 2.14 bits per heavy atom. The summed E-state index contributed by atoms with van der Waals surface area (Å²) < 4.78 is 0. The smallest absolute Gasteiger partial charge is 0.166 e. The lowest BCUT2D eigenvalue weighted by molar-refractivity contribution is -0.139. The largest absolute Gasteiger partial charge is 0.383 e. The molecule has 0 spiro atoms. The summed E-state index contributed by atoms with van der Waals surface area (Å²) in [5.41, 5.74) is -1.14. The highest BCUT2D eigenvalue weighted by atomic mass is 16.3. The maximum atomic E-state index is 11.8. The van der Waals surface area contributed by atoms with E-state index in [-0.39, 0.29) is 11.7 Å². The van der Waals surface area contributed by atoms with Gasteiger partial charge in [-0.2, -0.15) is 0 Å². The van der Waals surface area contributed by atoms with Gasteiger partial charge in [0, 0.05) is 5.92 Å². The van der Waals surface area contributed by atoms with Gasteiger partial charge >= 0.3 is 0 Å². The van der Waals surface area contributed by atoms with Gasteiger partial charge in [0.2, 0.25) is 0 Å². The highest BCUT2D eigenvalue weighted by Gasteiger charge is 2.33. The molecule has 1 rings (SSSR count). The average Bonchev–Trinajstić information content (AvgIpc) is 2.15. The summed E-state index contributed by atoms with van der Waals surface area (Å²) in [7, 11) is 0. The molecule has 1 fully saturated rings. The SMILES string of the molecule is CCC1CCC(C(=O)C(C)(C)O)CC1. The lowest BCUT2D eigenvalue weighted by Crippen LogP contribution is -2.38. The lowest BCUT2D eigenvalue weighted by atomic mass is 9.76. The Kier molecular flexibility index (Phi) is 3.71. The molecule has 82 valence electrons. The Balaban J connectivity index is 2.46. The van der Waals surface area contributed by atoms with Gasteiger partial charge in [-0.05, 0) is 45.4 Å². The molecule has 0 unspecified atom stereocenters. The quantitative estimate of drug-likeness (QED) is 0.756. The van der Waals surface area contributed by atoms with Crippen LogP contribution in [0, 0.1) is 11.8 Å². The van der Waals surface area contributed by atoms with E-state index in [1.807, 2.05) is 0 Å². The second-order valence-electron chi connectivity index (χ2n) is 5.05. The molecule has 0 radical (unpaired) electrons. The van der Waals surface area contributed by atoms with Crippen LogP contribution in [-0.2, 0) is 4.79 Å². The van der Waals surface area contributed by atoms with Crippen LogP contribution in [0.1, 0.15) is 52.9 Å². The van der Waals surface area contributed by atoms with Gasteiger partial charge in [-0.1, -0.05) is 13.3 Å². The first-order chi connectivity index (χ1) is 6.45. The summed E-state index contributed by atoms with van der Waals surface area (Å²) in [6.45, 7) is 5.41. The molecule has 1 aliphatic carbocycles. The lowest BCUT2D eigenvalue weighted by Gasteiger charge is -2.30. The third kappa shape index (κ3) is 2.81. The van der Waals surface area contributed by atoms with Crippen molar-refractivity contribution in [1.82, 2.24) is 0 Å². The maximum absolute atomic E-state index is 11.8. The number of hydrogen-bond acceptors (Lipinski definition) is 2. The zero-order valence-corrected chi connectivity index (χ0v) is 9.55. The molecule has 1 N–H and O–H groups in total. The Morgan fingerprint density at radius 1 is 1.29 bits per heavy atom. The molecule has 1 saturated carbocycles. The number of ketones is 1. The zero-order chi connectivity index (χ0) is 10.8. The van der Waals surface area contributed by atoms with Gasteiger partial charge < -0.3 is 5.11 Å². The van der Waals surface area contributed by atoms with Gasteiger partial charge in [-0.3, -0.25) is 4.79 Å². The molecule has 0 saturated heterocycles. The van der Waals surface area contributed by atoms with Crippen LogP contribution in [0.15, 0.2) is 0 Å². The average molecular weight is 198 g/mol. The molecule has 0 aromatic carbocycles. The van der Waals surface area contributed by atoms with Gasteiger partial charge in [0.05, 0.1) is 0 Å². The first-order valence-corrected chi connectivity index (χ1v) is 5.71. The van der Waals surface area contributed by atoms with Gasteiger partial charge in [-0.15, -0.1) is 0 Å². The van der Waals surface area contributed by atoms with Crippen LogP contribution in [0.4, 0.5) is 0 Å². The standard InChI is InChI=1S/C12H22O2/c1-4-9-5-7-10(8-6-9)11(13)12(2,3)14/h9-10,14H,4-8H2,1-3H3. The summed E-state index contributed by atoms with van der Waals surface area (Å²) >= 11 is 0. The van der Waals surface area contributed by atoms with E-state index >= 15 is 0 Å². The summed E-state index contributed by atoms with van der Waals surface area (Å²) in [5, 5.41) is 9.61. The zero-order valence-electron chi connectivity index (χ0n) is 9.55. The monoisotopic (exact) mass is 198 g/mol. The first kappa shape index (κ1) is 11.7. The number of aliphatic hydroxyl groups is 1. The van der Waals surface area contributed by atoms with E-state index in [1.165, 1.54) is 6.42 Å². The molecule has 1 aliphatic rings. The van der Waals surface area contributed by atoms with Crippen LogP contribution in [0.5, 0.6) is 0 Å². The van der Waals surface area contributed by atoms with Crippen molar-refractivity contribution in [1.29, 1.82) is 0 Å². The highest BCUT2D eigenvalue weighted by Crippen LogP contribution is 2.32. The van der Waals surface area contributed by atoms with Crippen molar-refractivity contribution in [2.75, 3.05) is 0 Å². The molecular formula is C12H22O2. The van der Waals surface area contributed by atoms with E-state index in [0.717, 1.165) is 31.6 Å².